The Bertz CT molecular complexity index is 549. The van der Waals surface area contributed by atoms with Crippen LogP contribution in [0.1, 0.15) is 35.4 Å². The molecule has 0 unspecified atom stereocenters. The molecular weight excluding hydrogens is 236 g/mol. The summed E-state index contributed by atoms with van der Waals surface area (Å²) in [5.74, 6) is 1.02. The van der Waals surface area contributed by atoms with E-state index in [-0.39, 0.29) is 0 Å². The van der Waals surface area contributed by atoms with Crippen molar-refractivity contribution in [1.29, 1.82) is 0 Å². The maximum Gasteiger partial charge on any atom is 0.141 e. The number of benzene rings is 1. The molecule has 19 heavy (non-hydrogen) atoms. The number of hydrogen-bond donors (Lipinski definition) is 1. The van der Waals surface area contributed by atoms with E-state index in [0.29, 0.717) is 6.04 Å². The summed E-state index contributed by atoms with van der Waals surface area (Å²) in [6, 6.07) is 7.33. The fraction of sp³-hybridized carbons (Fsp3) is 0.467. The van der Waals surface area contributed by atoms with Gasteiger partial charge in [-0.05, 0) is 32.3 Å². The van der Waals surface area contributed by atoms with Gasteiger partial charge in [0.05, 0.1) is 13.1 Å². The molecule has 1 saturated carbocycles. The third-order valence-electron chi connectivity index (χ3n) is 3.44. The average Bonchev–Trinajstić information content (AvgIpc) is 3.07. The topological polar surface area (TPSA) is 42.7 Å². The largest absolute Gasteiger partial charge is 0.307 e. The second-order valence-electron chi connectivity index (χ2n) is 5.49. The van der Waals surface area contributed by atoms with Gasteiger partial charge in [0.1, 0.15) is 12.2 Å². The highest BCUT2D eigenvalue weighted by Gasteiger charge is 2.20. The summed E-state index contributed by atoms with van der Waals surface area (Å²) in [6.45, 7) is 5.88. The molecule has 0 amide bonds. The summed E-state index contributed by atoms with van der Waals surface area (Å²) < 4.78 is 1.99. The Morgan fingerprint density at radius 1 is 1.21 bits per heavy atom. The highest BCUT2D eigenvalue weighted by Crippen LogP contribution is 2.19. The lowest BCUT2D eigenvalue weighted by Crippen LogP contribution is -2.19. The number of nitrogens with zero attached hydrogens (tertiary/aromatic N) is 3. The molecule has 1 aliphatic rings. The quantitative estimate of drug-likeness (QED) is 0.891. The predicted octanol–water partition coefficient (Wildman–Crippen LogP) is 2.20. The van der Waals surface area contributed by atoms with Crippen LogP contribution in [0.4, 0.5) is 0 Å². The van der Waals surface area contributed by atoms with Crippen molar-refractivity contribution >= 4 is 0 Å². The molecule has 1 aromatic heterocycles. The van der Waals surface area contributed by atoms with Crippen LogP contribution < -0.4 is 5.32 Å². The zero-order valence-corrected chi connectivity index (χ0v) is 11.6. The third-order valence-corrected chi connectivity index (χ3v) is 3.44. The molecule has 1 aliphatic carbocycles. The van der Waals surface area contributed by atoms with Gasteiger partial charge in [0.25, 0.3) is 0 Å². The molecule has 0 aliphatic heterocycles. The Morgan fingerprint density at radius 2 is 1.95 bits per heavy atom. The van der Waals surface area contributed by atoms with Crippen LogP contribution in [0.2, 0.25) is 0 Å². The monoisotopic (exact) mass is 256 g/mol. The van der Waals surface area contributed by atoms with Crippen molar-refractivity contribution in [2.45, 2.75) is 45.8 Å². The molecule has 1 fully saturated rings. The van der Waals surface area contributed by atoms with Crippen LogP contribution in [-0.2, 0) is 13.1 Å². The summed E-state index contributed by atoms with van der Waals surface area (Å²) in [5.41, 5.74) is 3.89. The second-order valence-corrected chi connectivity index (χ2v) is 5.49. The van der Waals surface area contributed by atoms with Crippen molar-refractivity contribution in [2.75, 3.05) is 0 Å². The SMILES string of the molecule is Cc1cc(C)cc(Cn2ncnc2CNC2CC2)c1. The highest BCUT2D eigenvalue weighted by atomic mass is 15.3. The smallest absolute Gasteiger partial charge is 0.141 e. The minimum Gasteiger partial charge on any atom is -0.307 e. The van der Waals surface area contributed by atoms with E-state index in [2.05, 4.69) is 47.4 Å². The van der Waals surface area contributed by atoms with E-state index in [0.717, 1.165) is 18.9 Å². The lowest BCUT2D eigenvalue weighted by atomic mass is 10.1. The summed E-state index contributed by atoms with van der Waals surface area (Å²) in [4.78, 5) is 4.35. The zero-order chi connectivity index (χ0) is 13.2. The normalized spacial score (nSPS) is 14.8. The van der Waals surface area contributed by atoms with Crippen molar-refractivity contribution in [2.24, 2.45) is 0 Å². The number of nitrogens with one attached hydrogen (secondary N) is 1. The van der Waals surface area contributed by atoms with Gasteiger partial charge in [-0.25, -0.2) is 9.67 Å². The zero-order valence-electron chi connectivity index (χ0n) is 11.6. The fourth-order valence-electron chi connectivity index (χ4n) is 2.41. The van der Waals surface area contributed by atoms with Crippen LogP contribution in [0.3, 0.4) is 0 Å². The first kappa shape index (κ1) is 12.4. The van der Waals surface area contributed by atoms with Gasteiger partial charge in [0.15, 0.2) is 0 Å². The van der Waals surface area contributed by atoms with E-state index in [9.17, 15) is 0 Å². The van der Waals surface area contributed by atoms with Crippen molar-refractivity contribution < 1.29 is 0 Å². The molecule has 0 bridgehead atoms. The minimum absolute atomic E-state index is 0.700. The first-order valence-corrected chi connectivity index (χ1v) is 6.88. The molecule has 4 nitrogen and oxygen atoms in total. The highest BCUT2D eigenvalue weighted by molar-refractivity contribution is 5.28. The van der Waals surface area contributed by atoms with Gasteiger partial charge in [-0.3, -0.25) is 0 Å². The van der Waals surface area contributed by atoms with E-state index < -0.39 is 0 Å². The van der Waals surface area contributed by atoms with Gasteiger partial charge in [-0.15, -0.1) is 0 Å². The lowest BCUT2D eigenvalue weighted by molar-refractivity contribution is 0.583. The predicted molar refractivity (Wildman–Crippen MR) is 74.9 cm³/mol. The van der Waals surface area contributed by atoms with Crippen LogP contribution in [0, 0.1) is 13.8 Å². The first-order valence-electron chi connectivity index (χ1n) is 6.88. The number of aromatic nitrogens is 3. The Morgan fingerprint density at radius 3 is 2.63 bits per heavy atom. The molecule has 1 N–H and O–H groups in total. The summed E-state index contributed by atoms with van der Waals surface area (Å²) in [7, 11) is 0. The van der Waals surface area contributed by atoms with Gasteiger partial charge in [-0.2, -0.15) is 5.10 Å². The summed E-state index contributed by atoms with van der Waals surface area (Å²) in [5, 5.41) is 7.82. The molecule has 0 saturated heterocycles. The molecule has 0 radical (unpaired) electrons. The van der Waals surface area contributed by atoms with Crippen molar-refractivity contribution in [3.63, 3.8) is 0 Å². The molecular formula is C15H20N4. The van der Waals surface area contributed by atoms with Crippen LogP contribution in [0.5, 0.6) is 0 Å². The van der Waals surface area contributed by atoms with Crippen LogP contribution in [-0.4, -0.2) is 20.8 Å². The van der Waals surface area contributed by atoms with Crippen molar-refractivity contribution in [3.8, 4) is 0 Å². The fourth-order valence-corrected chi connectivity index (χ4v) is 2.41. The molecule has 0 atom stereocenters. The van der Waals surface area contributed by atoms with E-state index in [1.54, 1.807) is 6.33 Å². The van der Waals surface area contributed by atoms with E-state index in [1.165, 1.54) is 29.5 Å². The minimum atomic E-state index is 0.700. The Kier molecular flexibility index (Phi) is 3.34. The van der Waals surface area contributed by atoms with Crippen LogP contribution in [0.25, 0.3) is 0 Å². The first-order chi connectivity index (χ1) is 9.20. The van der Waals surface area contributed by atoms with Gasteiger partial charge < -0.3 is 5.32 Å². The summed E-state index contributed by atoms with van der Waals surface area (Å²) in [6.07, 6.45) is 4.24. The van der Waals surface area contributed by atoms with Gasteiger partial charge in [-0.1, -0.05) is 29.3 Å². The molecule has 100 valence electrons. The maximum atomic E-state index is 4.35. The Labute approximate surface area is 113 Å². The van der Waals surface area contributed by atoms with E-state index >= 15 is 0 Å². The van der Waals surface area contributed by atoms with Crippen molar-refractivity contribution in [1.82, 2.24) is 20.1 Å². The molecule has 2 aromatic rings. The standard InChI is InChI=1S/C15H20N4/c1-11-5-12(2)7-13(6-11)9-19-15(17-10-18-19)8-16-14-3-4-14/h5-7,10,14,16H,3-4,8-9H2,1-2H3. The Balaban J connectivity index is 1.72. The maximum absolute atomic E-state index is 4.35. The Hall–Kier alpha value is -1.68. The molecule has 0 spiro atoms. The number of rotatable bonds is 5. The van der Waals surface area contributed by atoms with E-state index in [1.807, 2.05) is 4.68 Å². The van der Waals surface area contributed by atoms with Gasteiger partial charge >= 0.3 is 0 Å². The average molecular weight is 256 g/mol. The van der Waals surface area contributed by atoms with Gasteiger partial charge in [0.2, 0.25) is 0 Å². The van der Waals surface area contributed by atoms with Gasteiger partial charge in [0, 0.05) is 6.04 Å². The van der Waals surface area contributed by atoms with Crippen LogP contribution >= 0.6 is 0 Å². The van der Waals surface area contributed by atoms with E-state index in [4.69, 9.17) is 0 Å². The summed E-state index contributed by atoms with van der Waals surface area (Å²) >= 11 is 0. The van der Waals surface area contributed by atoms with Crippen LogP contribution in [0.15, 0.2) is 24.5 Å². The van der Waals surface area contributed by atoms with Crippen molar-refractivity contribution in [3.05, 3.63) is 47.0 Å². The second kappa shape index (κ2) is 5.13. The molecule has 1 aromatic carbocycles. The number of aryl methyl sites for hydroxylation is 2. The third kappa shape index (κ3) is 3.20. The lowest BCUT2D eigenvalue weighted by Gasteiger charge is -2.08. The molecule has 3 rings (SSSR count). The molecule has 1 heterocycles. The number of hydrogen-bond acceptors (Lipinski definition) is 3. The molecule has 4 heteroatoms.